The molecule has 2 aliphatic rings. The molecule has 4 nitrogen and oxygen atoms in total. The number of rotatable bonds is 4. The number of hydrogen-bond acceptors (Lipinski definition) is 3. The van der Waals surface area contributed by atoms with Crippen LogP contribution in [0.2, 0.25) is 0 Å². The van der Waals surface area contributed by atoms with Crippen molar-refractivity contribution in [3.8, 4) is 0 Å². The Labute approximate surface area is 126 Å². The molecule has 1 aromatic carbocycles. The van der Waals surface area contributed by atoms with E-state index in [2.05, 4.69) is 28.8 Å². The van der Waals surface area contributed by atoms with Gasteiger partial charge in [0.2, 0.25) is 5.91 Å². The van der Waals surface area contributed by atoms with Gasteiger partial charge in [-0.25, -0.2) is 0 Å². The molecule has 2 atom stereocenters. The van der Waals surface area contributed by atoms with Crippen LogP contribution in [0.1, 0.15) is 37.3 Å². The van der Waals surface area contributed by atoms with Crippen molar-refractivity contribution in [1.82, 2.24) is 5.32 Å². The Morgan fingerprint density at radius 1 is 1.43 bits per heavy atom. The van der Waals surface area contributed by atoms with Crippen LogP contribution in [-0.2, 0) is 22.4 Å². The Morgan fingerprint density at radius 2 is 2.33 bits per heavy atom. The minimum Gasteiger partial charge on any atom is -0.385 e. The Balaban J connectivity index is 1.53. The van der Waals surface area contributed by atoms with Gasteiger partial charge in [0, 0.05) is 18.8 Å². The summed E-state index contributed by atoms with van der Waals surface area (Å²) in [4.78, 5) is 12.0. The van der Waals surface area contributed by atoms with E-state index in [4.69, 9.17) is 4.74 Å². The molecule has 0 aliphatic carbocycles. The lowest BCUT2D eigenvalue weighted by molar-refractivity contribution is -0.131. The van der Waals surface area contributed by atoms with Gasteiger partial charge in [-0.05, 0) is 50.2 Å². The number of fused-ring (bicyclic) bond motifs is 1. The fourth-order valence-corrected chi connectivity index (χ4v) is 3.22. The van der Waals surface area contributed by atoms with E-state index in [1.165, 1.54) is 23.2 Å². The normalized spacial score (nSPS) is 24.2. The van der Waals surface area contributed by atoms with Crippen LogP contribution in [0.25, 0.3) is 0 Å². The van der Waals surface area contributed by atoms with E-state index < -0.39 is 0 Å². The van der Waals surface area contributed by atoms with Crippen molar-refractivity contribution >= 4 is 11.6 Å². The van der Waals surface area contributed by atoms with Crippen LogP contribution in [0.15, 0.2) is 18.2 Å². The van der Waals surface area contributed by atoms with Crippen molar-refractivity contribution in [2.45, 2.75) is 51.2 Å². The summed E-state index contributed by atoms with van der Waals surface area (Å²) in [7, 11) is 0. The maximum atomic E-state index is 12.0. The van der Waals surface area contributed by atoms with Gasteiger partial charge in [0.15, 0.2) is 0 Å². The SMILES string of the molecule is CC1CCC(C(=O)NCCc2cccc3c2NCCC3)O1. The van der Waals surface area contributed by atoms with Gasteiger partial charge in [-0.15, -0.1) is 0 Å². The minimum atomic E-state index is -0.247. The smallest absolute Gasteiger partial charge is 0.249 e. The summed E-state index contributed by atoms with van der Waals surface area (Å²) in [5, 5.41) is 6.50. The maximum Gasteiger partial charge on any atom is 0.249 e. The molecule has 1 aromatic rings. The average molecular weight is 288 g/mol. The average Bonchev–Trinajstić information content (AvgIpc) is 2.94. The molecule has 2 aliphatic heterocycles. The summed E-state index contributed by atoms with van der Waals surface area (Å²) in [6, 6.07) is 6.46. The second-order valence-corrected chi connectivity index (χ2v) is 6.04. The van der Waals surface area contributed by atoms with Crippen molar-refractivity contribution in [1.29, 1.82) is 0 Å². The van der Waals surface area contributed by atoms with E-state index in [0.29, 0.717) is 6.54 Å². The third-order valence-corrected chi connectivity index (χ3v) is 4.38. The first-order valence-electron chi connectivity index (χ1n) is 8.02. The summed E-state index contributed by atoms with van der Waals surface area (Å²) in [6.07, 6.45) is 5.00. The molecule has 0 spiro atoms. The zero-order valence-corrected chi connectivity index (χ0v) is 12.7. The molecule has 1 amide bonds. The number of carbonyl (C=O) groups is 1. The number of para-hydroxylation sites is 1. The van der Waals surface area contributed by atoms with Crippen molar-refractivity contribution in [3.63, 3.8) is 0 Å². The van der Waals surface area contributed by atoms with E-state index in [1.807, 2.05) is 6.92 Å². The zero-order chi connectivity index (χ0) is 14.7. The number of aryl methyl sites for hydroxylation is 1. The van der Waals surface area contributed by atoms with E-state index in [0.717, 1.165) is 32.2 Å². The van der Waals surface area contributed by atoms with Crippen LogP contribution in [0, 0.1) is 0 Å². The van der Waals surface area contributed by atoms with Crippen LogP contribution in [0.3, 0.4) is 0 Å². The van der Waals surface area contributed by atoms with Crippen molar-refractivity contribution in [3.05, 3.63) is 29.3 Å². The molecular formula is C17H24N2O2. The second kappa shape index (κ2) is 6.48. The first kappa shape index (κ1) is 14.4. The molecule has 21 heavy (non-hydrogen) atoms. The number of carbonyl (C=O) groups excluding carboxylic acids is 1. The Hall–Kier alpha value is -1.55. The standard InChI is InChI=1S/C17H24N2O2/c1-12-7-8-15(21-12)17(20)19-11-9-14-5-2-4-13-6-3-10-18-16(13)14/h2,4-5,12,15,18H,3,6-11H2,1H3,(H,19,20). The van der Waals surface area contributed by atoms with Gasteiger partial charge in [0.25, 0.3) is 0 Å². The highest BCUT2D eigenvalue weighted by molar-refractivity contribution is 5.81. The van der Waals surface area contributed by atoms with Crippen LogP contribution < -0.4 is 10.6 Å². The first-order valence-corrected chi connectivity index (χ1v) is 8.02. The zero-order valence-electron chi connectivity index (χ0n) is 12.7. The minimum absolute atomic E-state index is 0.0390. The van der Waals surface area contributed by atoms with Gasteiger partial charge in [-0.3, -0.25) is 4.79 Å². The third-order valence-electron chi connectivity index (χ3n) is 4.38. The largest absolute Gasteiger partial charge is 0.385 e. The lowest BCUT2D eigenvalue weighted by atomic mass is 9.98. The summed E-state index contributed by atoms with van der Waals surface area (Å²) < 4.78 is 5.59. The molecule has 0 radical (unpaired) electrons. The molecule has 3 rings (SSSR count). The molecule has 0 bridgehead atoms. The van der Waals surface area contributed by atoms with Crippen LogP contribution >= 0.6 is 0 Å². The summed E-state index contributed by atoms with van der Waals surface area (Å²) in [5.41, 5.74) is 3.98. The Morgan fingerprint density at radius 3 is 3.14 bits per heavy atom. The fraction of sp³-hybridized carbons (Fsp3) is 0.588. The van der Waals surface area contributed by atoms with Crippen LogP contribution in [0.4, 0.5) is 5.69 Å². The molecule has 0 saturated carbocycles. The summed E-state index contributed by atoms with van der Waals surface area (Å²) >= 11 is 0. The molecule has 4 heteroatoms. The van der Waals surface area contributed by atoms with Gasteiger partial charge < -0.3 is 15.4 Å². The summed E-state index contributed by atoms with van der Waals surface area (Å²) in [5.74, 6) is 0.0390. The highest BCUT2D eigenvalue weighted by Crippen LogP contribution is 2.26. The molecular weight excluding hydrogens is 264 g/mol. The Bertz CT molecular complexity index is 516. The van der Waals surface area contributed by atoms with Crippen LogP contribution in [0.5, 0.6) is 0 Å². The van der Waals surface area contributed by atoms with Gasteiger partial charge in [0.05, 0.1) is 6.10 Å². The predicted molar refractivity (Wildman–Crippen MR) is 83.5 cm³/mol. The highest BCUT2D eigenvalue weighted by atomic mass is 16.5. The lowest BCUT2D eigenvalue weighted by Crippen LogP contribution is -2.35. The highest BCUT2D eigenvalue weighted by Gasteiger charge is 2.27. The topological polar surface area (TPSA) is 50.4 Å². The molecule has 114 valence electrons. The number of benzene rings is 1. The molecule has 2 unspecified atom stereocenters. The molecule has 1 saturated heterocycles. The lowest BCUT2D eigenvalue weighted by Gasteiger charge is -2.21. The van der Waals surface area contributed by atoms with Crippen LogP contribution in [-0.4, -0.2) is 31.2 Å². The maximum absolute atomic E-state index is 12.0. The third kappa shape index (κ3) is 3.38. The number of hydrogen-bond donors (Lipinski definition) is 2. The van der Waals surface area contributed by atoms with E-state index in [1.54, 1.807) is 0 Å². The number of ether oxygens (including phenoxy) is 1. The number of nitrogens with one attached hydrogen (secondary N) is 2. The molecule has 0 aromatic heterocycles. The molecule has 1 fully saturated rings. The van der Waals surface area contributed by atoms with E-state index in [-0.39, 0.29) is 18.1 Å². The second-order valence-electron chi connectivity index (χ2n) is 6.04. The van der Waals surface area contributed by atoms with Gasteiger partial charge in [-0.2, -0.15) is 0 Å². The van der Waals surface area contributed by atoms with Gasteiger partial charge in [0.1, 0.15) is 6.10 Å². The van der Waals surface area contributed by atoms with Crippen molar-refractivity contribution in [2.24, 2.45) is 0 Å². The number of anilines is 1. The molecule has 2 heterocycles. The predicted octanol–water partition coefficient (Wildman–Crippen LogP) is 2.27. The van der Waals surface area contributed by atoms with Crippen molar-refractivity contribution in [2.75, 3.05) is 18.4 Å². The summed E-state index contributed by atoms with van der Waals surface area (Å²) in [6.45, 7) is 3.74. The molecule has 2 N–H and O–H groups in total. The van der Waals surface area contributed by atoms with Gasteiger partial charge >= 0.3 is 0 Å². The monoisotopic (exact) mass is 288 g/mol. The fourth-order valence-electron chi connectivity index (χ4n) is 3.22. The number of amides is 1. The van der Waals surface area contributed by atoms with Crippen molar-refractivity contribution < 1.29 is 9.53 Å². The van der Waals surface area contributed by atoms with E-state index in [9.17, 15) is 4.79 Å². The van der Waals surface area contributed by atoms with E-state index >= 15 is 0 Å². The quantitative estimate of drug-likeness (QED) is 0.893. The Kier molecular flexibility index (Phi) is 4.44. The first-order chi connectivity index (χ1) is 10.2. The van der Waals surface area contributed by atoms with Gasteiger partial charge in [-0.1, -0.05) is 18.2 Å².